The maximum atomic E-state index is 12.3. The smallest absolute Gasteiger partial charge is 0.231 e. The van der Waals surface area contributed by atoms with Gasteiger partial charge in [0.25, 0.3) is 0 Å². The zero-order valence-electron chi connectivity index (χ0n) is 16.5. The van der Waals surface area contributed by atoms with Gasteiger partial charge in [0.05, 0.1) is 6.61 Å². The molecule has 2 aromatic rings. The highest BCUT2D eigenvalue weighted by Gasteiger charge is 2.17. The van der Waals surface area contributed by atoms with Crippen LogP contribution >= 0.6 is 11.3 Å². The summed E-state index contributed by atoms with van der Waals surface area (Å²) in [5.41, 5.74) is 0.836. The van der Waals surface area contributed by atoms with Crippen LogP contribution in [0.5, 0.6) is 11.5 Å². The number of benzene rings is 1. The van der Waals surface area contributed by atoms with Crippen LogP contribution in [0.3, 0.4) is 0 Å². The molecule has 2 amide bonds. The standard InChI is InChI=1S/C19H24N4O5S/c1-3-4-17(25)23(9-10-26-2)8-7-16(24)20-19-22-21-18(29-19)13-5-6-14-15(11-13)28-12-27-14/h5-6,11H,3-4,7-10,12H2,1-2H3,(H,20,22,24). The number of hydrogen-bond acceptors (Lipinski definition) is 8. The Hall–Kier alpha value is -2.72. The van der Waals surface area contributed by atoms with E-state index in [2.05, 4.69) is 15.5 Å². The van der Waals surface area contributed by atoms with Gasteiger partial charge in [-0.05, 0) is 24.6 Å². The molecule has 156 valence electrons. The first-order valence-corrected chi connectivity index (χ1v) is 10.2. The summed E-state index contributed by atoms with van der Waals surface area (Å²) in [5.74, 6) is 1.17. The topological polar surface area (TPSA) is 103 Å². The van der Waals surface area contributed by atoms with Gasteiger partial charge in [0.2, 0.25) is 23.7 Å². The van der Waals surface area contributed by atoms with Crippen LogP contribution in [0.4, 0.5) is 5.13 Å². The van der Waals surface area contributed by atoms with Crippen LogP contribution in [-0.2, 0) is 14.3 Å². The van der Waals surface area contributed by atoms with Crippen molar-refractivity contribution < 1.29 is 23.8 Å². The largest absolute Gasteiger partial charge is 0.454 e. The summed E-state index contributed by atoms with van der Waals surface area (Å²) in [6.45, 7) is 3.40. The van der Waals surface area contributed by atoms with Crippen LogP contribution in [-0.4, -0.2) is 60.5 Å². The fourth-order valence-electron chi connectivity index (χ4n) is 2.77. The second-order valence-corrected chi connectivity index (χ2v) is 7.38. The fraction of sp³-hybridized carbons (Fsp3) is 0.474. The van der Waals surface area contributed by atoms with E-state index in [4.69, 9.17) is 14.2 Å². The first kappa shape index (κ1) is 21.0. The highest BCUT2D eigenvalue weighted by molar-refractivity contribution is 7.18. The third-order valence-corrected chi connectivity index (χ3v) is 5.17. The molecule has 0 saturated heterocycles. The minimum absolute atomic E-state index is 0.0263. The third kappa shape index (κ3) is 5.64. The summed E-state index contributed by atoms with van der Waals surface area (Å²) in [6.07, 6.45) is 1.40. The highest BCUT2D eigenvalue weighted by atomic mass is 32.1. The third-order valence-electron chi connectivity index (χ3n) is 4.28. The lowest BCUT2D eigenvalue weighted by molar-refractivity contribution is -0.132. The van der Waals surface area contributed by atoms with Crippen molar-refractivity contribution in [3.8, 4) is 22.1 Å². The van der Waals surface area contributed by atoms with Gasteiger partial charge in [-0.25, -0.2) is 0 Å². The Morgan fingerprint density at radius 1 is 1.21 bits per heavy atom. The van der Waals surface area contributed by atoms with Crippen LogP contribution in [0.2, 0.25) is 0 Å². The van der Waals surface area contributed by atoms with Crippen LogP contribution < -0.4 is 14.8 Å². The first-order valence-electron chi connectivity index (χ1n) is 9.40. The van der Waals surface area contributed by atoms with Gasteiger partial charge in [0.1, 0.15) is 5.01 Å². The molecule has 1 aromatic heterocycles. The van der Waals surface area contributed by atoms with E-state index in [9.17, 15) is 9.59 Å². The lowest BCUT2D eigenvalue weighted by Crippen LogP contribution is -2.36. The average Bonchev–Trinajstić information content (AvgIpc) is 3.36. The molecule has 0 bridgehead atoms. The van der Waals surface area contributed by atoms with E-state index in [1.807, 2.05) is 25.1 Å². The summed E-state index contributed by atoms with van der Waals surface area (Å²) in [4.78, 5) is 26.1. The fourth-order valence-corrected chi connectivity index (χ4v) is 3.53. The van der Waals surface area contributed by atoms with Crippen molar-refractivity contribution in [3.63, 3.8) is 0 Å². The molecule has 2 heterocycles. The van der Waals surface area contributed by atoms with Crippen molar-refractivity contribution >= 4 is 28.3 Å². The summed E-state index contributed by atoms with van der Waals surface area (Å²) in [5, 5.41) is 12.0. The molecule has 1 aliphatic rings. The second kappa shape index (κ2) is 10.2. The number of nitrogens with one attached hydrogen (secondary N) is 1. The molecule has 9 nitrogen and oxygen atoms in total. The maximum Gasteiger partial charge on any atom is 0.231 e. The Morgan fingerprint density at radius 3 is 2.83 bits per heavy atom. The molecule has 1 aromatic carbocycles. The van der Waals surface area contributed by atoms with Crippen molar-refractivity contribution in [3.05, 3.63) is 18.2 Å². The summed E-state index contributed by atoms with van der Waals surface area (Å²) >= 11 is 1.27. The number of hydrogen-bond donors (Lipinski definition) is 1. The van der Waals surface area contributed by atoms with Gasteiger partial charge < -0.3 is 24.4 Å². The van der Waals surface area contributed by atoms with E-state index in [0.717, 1.165) is 12.0 Å². The minimum atomic E-state index is -0.217. The number of anilines is 1. The molecule has 1 N–H and O–H groups in total. The van der Waals surface area contributed by atoms with Gasteiger partial charge >= 0.3 is 0 Å². The van der Waals surface area contributed by atoms with Gasteiger partial charge in [-0.15, -0.1) is 10.2 Å². The molecule has 0 radical (unpaired) electrons. The minimum Gasteiger partial charge on any atom is -0.454 e. The predicted molar refractivity (Wildman–Crippen MR) is 108 cm³/mol. The van der Waals surface area contributed by atoms with Gasteiger partial charge in [0.15, 0.2) is 11.5 Å². The highest BCUT2D eigenvalue weighted by Crippen LogP contribution is 2.37. The van der Waals surface area contributed by atoms with E-state index < -0.39 is 0 Å². The van der Waals surface area contributed by atoms with E-state index >= 15 is 0 Å². The molecule has 10 heteroatoms. The number of aromatic nitrogens is 2. The Balaban J connectivity index is 1.55. The number of carbonyl (C=O) groups is 2. The zero-order chi connectivity index (χ0) is 20.6. The molecule has 1 aliphatic heterocycles. The number of rotatable bonds is 10. The summed E-state index contributed by atoms with van der Waals surface area (Å²) in [7, 11) is 1.59. The SMILES string of the molecule is CCCC(=O)N(CCOC)CCC(=O)Nc1nnc(-c2ccc3c(c2)OCO3)s1. The number of methoxy groups -OCH3 is 1. The zero-order valence-corrected chi connectivity index (χ0v) is 17.3. The summed E-state index contributed by atoms with van der Waals surface area (Å²) < 4.78 is 15.7. The lowest BCUT2D eigenvalue weighted by atomic mass is 10.2. The number of nitrogens with zero attached hydrogens (tertiary/aromatic N) is 3. The van der Waals surface area contributed by atoms with E-state index in [1.54, 1.807) is 12.0 Å². The number of carbonyl (C=O) groups excluding carboxylic acids is 2. The normalized spacial score (nSPS) is 12.1. The molecule has 0 unspecified atom stereocenters. The van der Waals surface area contributed by atoms with Crippen LogP contribution in [0.25, 0.3) is 10.6 Å². The quantitative estimate of drug-likeness (QED) is 0.630. The van der Waals surface area contributed by atoms with Gasteiger partial charge in [-0.3, -0.25) is 9.59 Å². The molecule has 3 rings (SSSR count). The Kier molecular flexibility index (Phi) is 7.36. The number of amides is 2. The molecule has 0 aliphatic carbocycles. The molecule has 0 fully saturated rings. The molecule has 29 heavy (non-hydrogen) atoms. The van der Waals surface area contributed by atoms with Gasteiger partial charge in [-0.2, -0.15) is 0 Å². The predicted octanol–water partition coefficient (Wildman–Crippen LogP) is 2.54. The van der Waals surface area contributed by atoms with Crippen molar-refractivity contribution in [1.29, 1.82) is 0 Å². The molecule has 0 saturated carbocycles. The Bertz CT molecular complexity index is 857. The summed E-state index contributed by atoms with van der Waals surface area (Å²) in [6, 6.07) is 5.52. The maximum absolute atomic E-state index is 12.3. The molecular formula is C19H24N4O5S. The molecule has 0 spiro atoms. The van der Waals surface area contributed by atoms with E-state index in [-0.39, 0.29) is 25.0 Å². The van der Waals surface area contributed by atoms with Crippen LogP contribution in [0.15, 0.2) is 18.2 Å². The van der Waals surface area contributed by atoms with Crippen LogP contribution in [0, 0.1) is 0 Å². The monoisotopic (exact) mass is 420 g/mol. The lowest BCUT2D eigenvalue weighted by Gasteiger charge is -2.21. The van der Waals surface area contributed by atoms with Crippen molar-refractivity contribution in [1.82, 2.24) is 15.1 Å². The van der Waals surface area contributed by atoms with Crippen molar-refractivity contribution in [2.24, 2.45) is 0 Å². The van der Waals surface area contributed by atoms with Crippen molar-refractivity contribution in [2.45, 2.75) is 26.2 Å². The molecular weight excluding hydrogens is 396 g/mol. The number of ether oxygens (including phenoxy) is 3. The second-order valence-electron chi connectivity index (χ2n) is 6.40. The van der Waals surface area contributed by atoms with E-state index in [0.29, 0.717) is 47.8 Å². The van der Waals surface area contributed by atoms with Crippen LogP contribution in [0.1, 0.15) is 26.2 Å². The Morgan fingerprint density at radius 2 is 2.03 bits per heavy atom. The number of fused-ring (bicyclic) bond motifs is 1. The average molecular weight is 420 g/mol. The molecule has 0 atom stereocenters. The van der Waals surface area contributed by atoms with Crippen molar-refractivity contribution in [2.75, 3.05) is 38.9 Å². The Labute approximate surface area is 173 Å². The van der Waals surface area contributed by atoms with Gasteiger partial charge in [0, 0.05) is 38.6 Å². The van der Waals surface area contributed by atoms with Gasteiger partial charge in [-0.1, -0.05) is 18.3 Å². The van der Waals surface area contributed by atoms with E-state index in [1.165, 1.54) is 11.3 Å². The first-order chi connectivity index (χ1) is 14.1.